The first-order valence-corrected chi connectivity index (χ1v) is 7.41. The summed E-state index contributed by atoms with van der Waals surface area (Å²) in [6.07, 6.45) is -4.70. The van der Waals surface area contributed by atoms with Gasteiger partial charge in [-0.3, -0.25) is 0 Å². The Balaban J connectivity index is 2.22. The summed E-state index contributed by atoms with van der Waals surface area (Å²) in [6.45, 7) is 0.143. The van der Waals surface area contributed by atoms with Gasteiger partial charge in [0, 0.05) is 15.5 Å². The van der Waals surface area contributed by atoms with Gasteiger partial charge in [-0.15, -0.1) is 0 Å². The van der Waals surface area contributed by atoms with Crippen LogP contribution in [0.4, 0.5) is 23.2 Å². The molecule has 0 aromatic heterocycles. The van der Waals surface area contributed by atoms with Crippen LogP contribution in [0.15, 0.2) is 45.3 Å². The molecule has 2 aromatic rings. The summed E-state index contributed by atoms with van der Waals surface area (Å²) in [5, 5.41) is 3.01. The molecule has 0 radical (unpaired) electrons. The molecule has 0 atom stereocenters. The molecule has 1 nitrogen and oxygen atoms in total. The number of hydrogen-bond acceptors (Lipinski definition) is 1. The second kappa shape index (κ2) is 6.36. The Hall–Kier alpha value is -1.08. The quantitative estimate of drug-likeness (QED) is 0.595. The van der Waals surface area contributed by atoms with Crippen LogP contribution in [-0.4, -0.2) is 0 Å². The first-order chi connectivity index (χ1) is 9.79. The van der Waals surface area contributed by atoms with Crippen LogP contribution in [0.1, 0.15) is 11.1 Å². The van der Waals surface area contributed by atoms with Crippen molar-refractivity contribution in [3.63, 3.8) is 0 Å². The number of alkyl halides is 3. The SMILES string of the molecule is Fc1ccc(CNc2c(Br)cccc2Br)cc1C(F)(F)F. The summed E-state index contributed by atoms with van der Waals surface area (Å²) >= 11 is 6.69. The summed E-state index contributed by atoms with van der Waals surface area (Å²) in [4.78, 5) is 0. The monoisotopic (exact) mass is 425 g/mol. The topological polar surface area (TPSA) is 12.0 Å². The fourth-order valence-corrected chi connectivity index (χ4v) is 3.04. The zero-order valence-corrected chi connectivity index (χ0v) is 13.6. The lowest BCUT2D eigenvalue weighted by Crippen LogP contribution is -2.10. The highest BCUT2D eigenvalue weighted by atomic mass is 79.9. The van der Waals surface area contributed by atoms with E-state index in [9.17, 15) is 17.6 Å². The first kappa shape index (κ1) is 16.3. The smallest absolute Gasteiger partial charge is 0.379 e. The van der Waals surface area contributed by atoms with Gasteiger partial charge >= 0.3 is 6.18 Å². The number of benzene rings is 2. The number of rotatable bonds is 3. The van der Waals surface area contributed by atoms with E-state index >= 15 is 0 Å². The van der Waals surface area contributed by atoms with Crippen LogP contribution in [0.25, 0.3) is 0 Å². The largest absolute Gasteiger partial charge is 0.419 e. The summed E-state index contributed by atoms with van der Waals surface area (Å²) in [6, 6.07) is 8.39. The predicted molar refractivity (Wildman–Crippen MR) is 80.6 cm³/mol. The molecule has 0 saturated heterocycles. The molecule has 0 bridgehead atoms. The van der Waals surface area contributed by atoms with E-state index in [1.54, 1.807) is 12.1 Å². The third kappa shape index (κ3) is 3.97. The number of anilines is 1. The van der Waals surface area contributed by atoms with E-state index in [2.05, 4.69) is 37.2 Å². The molecule has 0 aliphatic heterocycles. The first-order valence-electron chi connectivity index (χ1n) is 5.82. The molecule has 0 amide bonds. The summed E-state index contributed by atoms with van der Waals surface area (Å²) < 4.78 is 52.7. The molecule has 0 aliphatic rings. The van der Waals surface area contributed by atoms with Crippen LogP contribution >= 0.6 is 31.9 Å². The van der Waals surface area contributed by atoms with Crippen molar-refractivity contribution >= 4 is 37.5 Å². The van der Waals surface area contributed by atoms with Gasteiger partial charge in [0.1, 0.15) is 5.82 Å². The van der Waals surface area contributed by atoms with Crippen LogP contribution in [-0.2, 0) is 12.7 Å². The molecular weight excluding hydrogens is 418 g/mol. The number of para-hydroxylation sites is 1. The van der Waals surface area contributed by atoms with Crippen molar-refractivity contribution in [1.82, 2.24) is 0 Å². The third-order valence-corrected chi connectivity index (χ3v) is 4.09. The third-order valence-electron chi connectivity index (χ3n) is 2.77. The minimum atomic E-state index is -4.70. The van der Waals surface area contributed by atoms with Crippen LogP contribution < -0.4 is 5.32 Å². The summed E-state index contributed by atoms with van der Waals surface area (Å²) in [5.74, 6) is -1.27. The van der Waals surface area contributed by atoms with Gasteiger partial charge in [-0.25, -0.2) is 4.39 Å². The van der Waals surface area contributed by atoms with Gasteiger partial charge in [-0.2, -0.15) is 13.2 Å². The van der Waals surface area contributed by atoms with E-state index in [1.165, 1.54) is 6.07 Å². The molecule has 1 N–H and O–H groups in total. The highest BCUT2D eigenvalue weighted by Gasteiger charge is 2.34. The second-order valence-corrected chi connectivity index (χ2v) is 5.97. The van der Waals surface area contributed by atoms with Crippen LogP contribution in [0.3, 0.4) is 0 Å². The van der Waals surface area contributed by atoms with Gasteiger partial charge in [0.05, 0.1) is 11.3 Å². The average Bonchev–Trinajstić information content (AvgIpc) is 2.38. The number of nitrogens with one attached hydrogen (secondary N) is 1. The van der Waals surface area contributed by atoms with Gasteiger partial charge in [-0.05, 0) is 61.7 Å². The molecule has 0 aliphatic carbocycles. The Bertz CT molecular complexity index is 636. The van der Waals surface area contributed by atoms with E-state index in [-0.39, 0.29) is 6.54 Å². The van der Waals surface area contributed by atoms with Gasteiger partial charge < -0.3 is 5.32 Å². The van der Waals surface area contributed by atoms with Crippen molar-refractivity contribution in [3.8, 4) is 0 Å². The van der Waals surface area contributed by atoms with Crippen molar-refractivity contribution in [2.75, 3.05) is 5.32 Å². The molecule has 0 fully saturated rings. The van der Waals surface area contributed by atoms with Crippen LogP contribution in [0.2, 0.25) is 0 Å². The molecule has 0 heterocycles. The maximum absolute atomic E-state index is 13.2. The molecule has 0 unspecified atom stereocenters. The van der Waals surface area contributed by atoms with Gasteiger partial charge in [0.25, 0.3) is 0 Å². The Morgan fingerprint density at radius 3 is 2.19 bits per heavy atom. The number of hydrogen-bond donors (Lipinski definition) is 1. The molecule has 0 spiro atoms. The maximum atomic E-state index is 13.2. The summed E-state index contributed by atoms with van der Waals surface area (Å²) in [7, 11) is 0. The van der Waals surface area contributed by atoms with Crippen molar-refractivity contribution in [2.24, 2.45) is 0 Å². The van der Waals surface area contributed by atoms with E-state index < -0.39 is 17.6 Å². The van der Waals surface area contributed by atoms with E-state index in [0.29, 0.717) is 5.56 Å². The standard InChI is InChI=1S/C14H9Br2F4N/c15-10-2-1-3-11(16)13(10)21-7-8-4-5-12(17)9(6-8)14(18,19)20/h1-6,21H,7H2. The van der Waals surface area contributed by atoms with E-state index in [4.69, 9.17) is 0 Å². The normalized spacial score (nSPS) is 11.5. The van der Waals surface area contributed by atoms with Crippen LogP contribution in [0, 0.1) is 5.82 Å². The van der Waals surface area contributed by atoms with Crippen molar-refractivity contribution < 1.29 is 17.6 Å². The van der Waals surface area contributed by atoms with E-state index in [0.717, 1.165) is 26.8 Å². The second-order valence-electron chi connectivity index (χ2n) is 4.26. The Morgan fingerprint density at radius 1 is 1.00 bits per heavy atom. The molecular formula is C14H9Br2F4N. The summed E-state index contributed by atoms with van der Waals surface area (Å²) in [5.41, 5.74) is -0.199. The van der Waals surface area contributed by atoms with Gasteiger partial charge in [0.2, 0.25) is 0 Å². The maximum Gasteiger partial charge on any atom is 0.419 e. The van der Waals surface area contributed by atoms with Gasteiger partial charge in [-0.1, -0.05) is 12.1 Å². The zero-order chi connectivity index (χ0) is 15.6. The Morgan fingerprint density at radius 2 is 1.62 bits per heavy atom. The fraction of sp³-hybridized carbons (Fsp3) is 0.143. The molecule has 2 aromatic carbocycles. The van der Waals surface area contributed by atoms with Gasteiger partial charge in [0.15, 0.2) is 0 Å². The highest BCUT2D eigenvalue weighted by Crippen LogP contribution is 2.33. The molecule has 2 rings (SSSR count). The minimum Gasteiger partial charge on any atom is -0.379 e. The van der Waals surface area contributed by atoms with Crippen molar-refractivity contribution in [2.45, 2.75) is 12.7 Å². The van der Waals surface area contributed by atoms with Crippen LogP contribution in [0.5, 0.6) is 0 Å². The Labute approximate surface area is 135 Å². The lowest BCUT2D eigenvalue weighted by Gasteiger charge is -2.13. The van der Waals surface area contributed by atoms with E-state index in [1.807, 2.05) is 6.07 Å². The van der Waals surface area contributed by atoms with Crippen molar-refractivity contribution in [3.05, 3.63) is 62.3 Å². The molecule has 112 valence electrons. The molecule has 0 saturated carbocycles. The lowest BCUT2D eigenvalue weighted by atomic mass is 10.1. The average molecular weight is 427 g/mol. The van der Waals surface area contributed by atoms with Crippen molar-refractivity contribution in [1.29, 1.82) is 0 Å². The minimum absolute atomic E-state index is 0.143. The molecule has 7 heteroatoms. The molecule has 21 heavy (non-hydrogen) atoms. The lowest BCUT2D eigenvalue weighted by molar-refractivity contribution is -0.140. The Kier molecular flexibility index (Phi) is 4.93. The highest BCUT2D eigenvalue weighted by molar-refractivity contribution is 9.11. The fourth-order valence-electron chi connectivity index (χ4n) is 1.76. The zero-order valence-electron chi connectivity index (χ0n) is 10.4. The predicted octanol–water partition coefficient (Wildman–Crippen LogP) is 5.98. The number of halogens is 6.